The van der Waals surface area contributed by atoms with Crippen LogP contribution < -0.4 is 0 Å². The van der Waals surface area contributed by atoms with E-state index in [9.17, 15) is 9.59 Å². The summed E-state index contributed by atoms with van der Waals surface area (Å²) in [4.78, 5) is 29.5. The molecule has 0 N–H and O–H groups in total. The van der Waals surface area contributed by atoms with E-state index in [0.29, 0.717) is 45.1 Å². The molecule has 0 aromatic carbocycles. The first-order valence-electron chi connectivity index (χ1n) is 9.21. The second-order valence-corrected chi connectivity index (χ2v) is 8.00. The van der Waals surface area contributed by atoms with Crippen molar-refractivity contribution in [3.05, 3.63) is 0 Å². The minimum atomic E-state index is -0.998. The maximum Gasteiger partial charge on any atom is 0.237 e. The zero-order valence-electron chi connectivity index (χ0n) is 15.2. The summed E-state index contributed by atoms with van der Waals surface area (Å²) in [7, 11) is 0. The van der Waals surface area contributed by atoms with Gasteiger partial charge in [0.25, 0.3) is 0 Å². The highest BCUT2D eigenvalue weighted by molar-refractivity contribution is 6.04. The van der Waals surface area contributed by atoms with Gasteiger partial charge in [0.15, 0.2) is 5.79 Å². The number of hydrogen-bond acceptors (Lipinski definition) is 4. The minimum absolute atomic E-state index is 0.0342. The average molecular weight is 338 g/mol. The number of nitrogens with zero attached hydrogens (tertiary/aromatic N) is 2. The van der Waals surface area contributed by atoms with Crippen LogP contribution in [0.4, 0.5) is 0 Å². The Labute approximate surface area is 144 Å². The minimum Gasteiger partial charge on any atom is -0.347 e. The molecule has 0 saturated carbocycles. The highest BCUT2D eigenvalue weighted by atomic mass is 16.7. The molecule has 6 nitrogen and oxygen atoms in total. The molecule has 2 amide bonds. The standard InChI is InChI=1S/C18H30N2O4/c1-14-4-8-19(9-5-14)15(21)17(2,3)16(22)20-10-6-18(7-11-20)23-12-13-24-18/h14H,4-13H2,1-3H3. The van der Waals surface area contributed by atoms with Crippen LogP contribution in [0, 0.1) is 11.3 Å². The molecular weight excluding hydrogens is 308 g/mol. The highest BCUT2D eigenvalue weighted by Gasteiger charge is 2.46. The Kier molecular flexibility index (Phi) is 4.89. The molecule has 3 saturated heterocycles. The molecule has 0 bridgehead atoms. The van der Waals surface area contributed by atoms with Crippen LogP contribution in [0.15, 0.2) is 0 Å². The fourth-order valence-corrected chi connectivity index (χ4v) is 3.93. The lowest BCUT2D eigenvalue weighted by Crippen LogP contribution is -2.55. The van der Waals surface area contributed by atoms with Crippen LogP contribution in [-0.2, 0) is 19.1 Å². The number of carbonyl (C=O) groups excluding carboxylic acids is 2. The van der Waals surface area contributed by atoms with E-state index in [1.807, 2.05) is 4.90 Å². The fourth-order valence-electron chi connectivity index (χ4n) is 3.93. The zero-order chi connectivity index (χ0) is 17.4. The van der Waals surface area contributed by atoms with Crippen molar-refractivity contribution < 1.29 is 19.1 Å². The van der Waals surface area contributed by atoms with Gasteiger partial charge < -0.3 is 19.3 Å². The Hall–Kier alpha value is -1.14. The monoisotopic (exact) mass is 338 g/mol. The molecule has 0 atom stereocenters. The maximum absolute atomic E-state index is 13.0. The van der Waals surface area contributed by atoms with Gasteiger partial charge in [0, 0.05) is 39.0 Å². The molecule has 3 heterocycles. The number of rotatable bonds is 2. The number of carbonyl (C=O) groups is 2. The van der Waals surface area contributed by atoms with Crippen molar-refractivity contribution in [2.75, 3.05) is 39.4 Å². The third kappa shape index (κ3) is 3.31. The molecule has 3 fully saturated rings. The Morgan fingerprint density at radius 3 is 1.88 bits per heavy atom. The van der Waals surface area contributed by atoms with Crippen molar-refractivity contribution in [2.24, 2.45) is 11.3 Å². The predicted molar refractivity (Wildman–Crippen MR) is 89.2 cm³/mol. The third-order valence-electron chi connectivity index (χ3n) is 5.77. The van der Waals surface area contributed by atoms with Crippen molar-refractivity contribution in [1.29, 1.82) is 0 Å². The van der Waals surface area contributed by atoms with Crippen LogP contribution in [0.5, 0.6) is 0 Å². The molecule has 1 spiro atoms. The van der Waals surface area contributed by atoms with Crippen molar-refractivity contribution in [3.8, 4) is 0 Å². The Balaban J connectivity index is 1.59. The van der Waals surface area contributed by atoms with E-state index in [4.69, 9.17) is 9.47 Å². The van der Waals surface area contributed by atoms with Gasteiger partial charge in [-0.05, 0) is 32.6 Å². The van der Waals surface area contributed by atoms with Crippen LogP contribution >= 0.6 is 0 Å². The lowest BCUT2D eigenvalue weighted by atomic mass is 9.87. The Morgan fingerprint density at radius 1 is 0.917 bits per heavy atom. The summed E-state index contributed by atoms with van der Waals surface area (Å²) in [5.74, 6) is 0.0677. The smallest absolute Gasteiger partial charge is 0.237 e. The first-order valence-corrected chi connectivity index (χ1v) is 9.21. The molecule has 0 unspecified atom stereocenters. The van der Waals surface area contributed by atoms with E-state index >= 15 is 0 Å². The van der Waals surface area contributed by atoms with E-state index in [2.05, 4.69) is 6.92 Å². The Bertz CT molecular complexity index is 481. The molecule has 24 heavy (non-hydrogen) atoms. The van der Waals surface area contributed by atoms with Gasteiger partial charge >= 0.3 is 0 Å². The van der Waals surface area contributed by atoms with Gasteiger partial charge in [-0.3, -0.25) is 9.59 Å². The van der Waals surface area contributed by atoms with E-state index < -0.39 is 11.2 Å². The highest BCUT2D eigenvalue weighted by Crippen LogP contribution is 2.33. The number of ether oxygens (including phenoxy) is 2. The van der Waals surface area contributed by atoms with Gasteiger partial charge in [-0.25, -0.2) is 0 Å². The topological polar surface area (TPSA) is 59.1 Å². The molecule has 6 heteroatoms. The number of likely N-dealkylation sites (tertiary alicyclic amines) is 2. The molecule has 0 aromatic rings. The first kappa shape index (κ1) is 17.7. The quantitative estimate of drug-likeness (QED) is 0.718. The molecule has 3 aliphatic rings. The van der Waals surface area contributed by atoms with Crippen molar-refractivity contribution in [3.63, 3.8) is 0 Å². The summed E-state index contributed by atoms with van der Waals surface area (Å²) in [6.07, 6.45) is 3.42. The summed E-state index contributed by atoms with van der Waals surface area (Å²) in [6.45, 7) is 9.72. The van der Waals surface area contributed by atoms with Gasteiger partial charge in [-0.2, -0.15) is 0 Å². The van der Waals surface area contributed by atoms with E-state index in [0.717, 1.165) is 25.9 Å². The molecule has 136 valence electrons. The third-order valence-corrected chi connectivity index (χ3v) is 5.77. The summed E-state index contributed by atoms with van der Waals surface area (Å²) in [5.41, 5.74) is -0.998. The van der Waals surface area contributed by atoms with E-state index in [1.54, 1.807) is 18.7 Å². The van der Waals surface area contributed by atoms with Crippen molar-refractivity contribution in [1.82, 2.24) is 9.80 Å². The van der Waals surface area contributed by atoms with Crippen molar-refractivity contribution in [2.45, 2.75) is 52.2 Å². The number of hydrogen-bond donors (Lipinski definition) is 0. The second-order valence-electron chi connectivity index (χ2n) is 8.00. The van der Waals surface area contributed by atoms with Gasteiger partial charge in [0.2, 0.25) is 11.8 Å². The summed E-state index contributed by atoms with van der Waals surface area (Å²) >= 11 is 0. The largest absolute Gasteiger partial charge is 0.347 e. The SMILES string of the molecule is CC1CCN(C(=O)C(C)(C)C(=O)N2CCC3(CC2)OCCO3)CC1. The maximum atomic E-state index is 13.0. The fraction of sp³-hybridized carbons (Fsp3) is 0.889. The lowest BCUT2D eigenvalue weighted by Gasteiger charge is -2.41. The van der Waals surface area contributed by atoms with Gasteiger partial charge in [-0.1, -0.05) is 6.92 Å². The molecular formula is C18H30N2O4. The van der Waals surface area contributed by atoms with E-state index in [1.165, 1.54) is 0 Å². The van der Waals surface area contributed by atoms with Crippen molar-refractivity contribution >= 4 is 11.8 Å². The van der Waals surface area contributed by atoms with Crippen LogP contribution in [0.25, 0.3) is 0 Å². The molecule has 3 aliphatic heterocycles. The molecule has 0 aliphatic carbocycles. The normalized spacial score (nSPS) is 25.3. The van der Waals surface area contributed by atoms with Gasteiger partial charge in [0.05, 0.1) is 13.2 Å². The summed E-state index contributed by atoms with van der Waals surface area (Å²) < 4.78 is 11.4. The van der Waals surface area contributed by atoms with Crippen LogP contribution in [0.3, 0.4) is 0 Å². The van der Waals surface area contributed by atoms with Gasteiger partial charge in [0.1, 0.15) is 5.41 Å². The molecule has 3 rings (SSSR count). The zero-order valence-corrected chi connectivity index (χ0v) is 15.2. The first-order chi connectivity index (χ1) is 11.3. The van der Waals surface area contributed by atoms with Crippen LogP contribution in [0.2, 0.25) is 0 Å². The van der Waals surface area contributed by atoms with Crippen LogP contribution in [0.1, 0.15) is 46.5 Å². The predicted octanol–water partition coefficient (Wildman–Crippen LogP) is 1.64. The van der Waals surface area contributed by atoms with Crippen LogP contribution in [-0.4, -0.2) is 66.8 Å². The summed E-state index contributed by atoms with van der Waals surface area (Å²) in [6, 6.07) is 0. The summed E-state index contributed by atoms with van der Waals surface area (Å²) in [5, 5.41) is 0. The number of amides is 2. The van der Waals surface area contributed by atoms with Gasteiger partial charge in [-0.15, -0.1) is 0 Å². The number of piperidine rings is 2. The average Bonchev–Trinajstić information content (AvgIpc) is 3.03. The molecule has 0 radical (unpaired) electrons. The second kappa shape index (κ2) is 6.64. The molecule has 0 aromatic heterocycles. The van der Waals surface area contributed by atoms with E-state index in [-0.39, 0.29) is 11.8 Å². The lowest BCUT2D eigenvalue weighted by molar-refractivity contribution is -0.190. The Morgan fingerprint density at radius 2 is 1.38 bits per heavy atom.